The smallest absolute Gasteiger partial charge is 0.410 e. The Hall–Kier alpha value is -2.58. The fourth-order valence-corrected chi connectivity index (χ4v) is 3.10. The van der Waals surface area contributed by atoms with Gasteiger partial charge in [0.1, 0.15) is 19.3 Å². The number of likely N-dealkylation sites (tertiary alicyclic amines) is 1. The number of hydrogen-bond donors (Lipinski definition) is 1. The second-order valence-electron chi connectivity index (χ2n) is 7.83. The highest BCUT2D eigenvalue weighted by atomic mass is 16.6. The first-order valence-electron chi connectivity index (χ1n) is 9.06. The number of amides is 1. The molecule has 0 unspecified atom stereocenters. The van der Waals surface area contributed by atoms with E-state index in [0.717, 1.165) is 24.1 Å². The lowest BCUT2D eigenvalue weighted by molar-refractivity contribution is 0.0184. The predicted octanol–water partition coefficient (Wildman–Crippen LogP) is 1.60. The van der Waals surface area contributed by atoms with Crippen LogP contribution in [-0.2, 0) is 4.74 Å². The minimum absolute atomic E-state index is 0.213. The summed E-state index contributed by atoms with van der Waals surface area (Å²) in [6, 6.07) is 0.218. The number of hydrogen-bond acceptors (Lipinski definition) is 6. The number of nitrogen functional groups attached to an aromatic ring is 1. The lowest BCUT2D eigenvalue weighted by Crippen LogP contribution is -2.42. The van der Waals surface area contributed by atoms with E-state index in [1.807, 2.05) is 38.6 Å². The molecule has 1 aliphatic heterocycles. The maximum absolute atomic E-state index is 12.2. The van der Waals surface area contributed by atoms with Crippen LogP contribution in [0.15, 0.2) is 12.4 Å². The molecule has 2 N–H and O–H groups in total. The van der Waals surface area contributed by atoms with E-state index >= 15 is 0 Å². The molecular formula is C18H25BN6O2. The van der Waals surface area contributed by atoms with Crippen LogP contribution in [0, 0.1) is 6.92 Å². The van der Waals surface area contributed by atoms with Crippen LogP contribution in [0.5, 0.6) is 0 Å². The molecular weight excluding hydrogens is 343 g/mol. The number of carbonyl (C=O) groups excluding carboxylic acids is 1. The average molecular weight is 368 g/mol. The van der Waals surface area contributed by atoms with Gasteiger partial charge in [0.05, 0.1) is 23.6 Å². The van der Waals surface area contributed by atoms with Gasteiger partial charge >= 0.3 is 6.09 Å². The molecule has 1 fully saturated rings. The van der Waals surface area contributed by atoms with Crippen LogP contribution in [-0.4, -0.2) is 57.3 Å². The zero-order valence-electron chi connectivity index (χ0n) is 16.3. The molecule has 1 amide bonds. The van der Waals surface area contributed by atoms with Crippen molar-refractivity contribution < 1.29 is 9.53 Å². The molecule has 142 valence electrons. The summed E-state index contributed by atoms with van der Waals surface area (Å²) in [5.41, 5.74) is 7.75. The number of ether oxygens (including phenoxy) is 1. The molecule has 1 aliphatic rings. The van der Waals surface area contributed by atoms with Gasteiger partial charge < -0.3 is 15.4 Å². The lowest BCUT2D eigenvalue weighted by Gasteiger charge is -2.33. The second-order valence-corrected chi connectivity index (χ2v) is 7.83. The molecule has 1 saturated heterocycles. The first-order valence-corrected chi connectivity index (χ1v) is 9.06. The number of nitrogens with zero attached hydrogens (tertiary/aromatic N) is 5. The van der Waals surface area contributed by atoms with Crippen LogP contribution in [0.2, 0.25) is 0 Å². The van der Waals surface area contributed by atoms with E-state index in [2.05, 4.69) is 15.1 Å². The highest BCUT2D eigenvalue weighted by molar-refractivity contribution is 6.33. The highest BCUT2D eigenvalue weighted by Crippen LogP contribution is 2.27. The van der Waals surface area contributed by atoms with E-state index < -0.39 is 5.60 Å². The van der Waals surface area contributed by atoms with Gasteiger partial charge in [0.15, 0.2) is 0 Å². The number of anilines is 1. The van der Waals surface area contributed by atoms with Gasteiger partial charge in [-0.15, -0.1) is 0 Å². The molecule has 9 heteroatoms. The minimum atomic E-state index is -0.482. The Bertz CT molecular complexity index is 837. The van der Waals surface area contributed by atoms with Crippen LogP contribution in [0.4, 0.5) is 10.6 Å². The molecule has 2 radical (unpaired) electrons. The van der Waals surface area contributed by atoms with Gasteiger partial charge in [-0.2, -0.15) is 5.10 Å². The minimum Gasteiger partial charge on any atom is -0.444 e. The van der Waals surface area contributed by atoms with Gasteiger partial charge in [0.25, 0.3) is 0 Å². The van der Waals surface area contributed by atoms with Crippen molar-refractivity contribution in [2.24, 2.45) is 0 Å². The number of carbonyl (C=O) groups is 1. The van der Waals surface area contributed by atoms with Crippen molar-refractivity contribution in [2.75, 3.05) is 18.8 Å². The fourth-order valence-electron chi connectivity index (χ4n) is 3.10. The van der Waals surface area contributed by atoms with Crippen molar-refractivity contribution >= 4 is 25.4 Å². The molecule has 3 heterocycles. The molecule has 27 heavy (non-hydrogen) atoms. The van der Waals surface area contributed by atoms with Crippen LogP contribution >= 0.6 is 0 Å². The van der Waals surface area contributed by atoms with Gasteiger partial charge in [0, 0.05) is 30.4 Å². The van der Waals surface area contributed by atoms with Crippen molar-refractivity contribution in [3.63, 3.8) is 0 Å². The Labute approximate surface area is 160 Å². The normalized spacial score (nSPS) is 15.8. The van der Waals surface area contributed by atoms with Gasteiger partial charge in [0.2, 0.25) is 0 Å². The summed E-state index contributed by atoms with van der Waals surface area (Å²) >= 11 is 0. The molecule has 0 saturated carbocycles. The molecule has 0 aromatic carbocycles. The van der Waals surface area contributed by atoms with Crippen molar-refractivity contribution in [1.82, 2.24) is 24.6 Å². The van der Waals surface area contributed by atoms with Crippen molar-refractivity contribution in [3.05, 3.63) is 18.1 Å². The van der Waals surface area contributed by atoms with Crippen LogP contribution in [0.1, 0.15) is 45.3 Å². The van der Waals surface area contributed by atoms with Crippen LogP contribution in [0.3, 0.4) is 0 Å². The Morgan fingerprint density at radius 1 is 1.33 bits per heavy atom. The van der Waals surface area contributed by atoms with Gasteiger partial charge in [-0.3, -0.25) is 9.67 Å². The largest absolute Gasteiger partial charge is 0.444 e. The molecule has 2 aromatic rings. The zero-order valence-corrected chi connectivity index (χ0v) is 16.3. The molecule has 0 atom stereocenters. The molecule has 0 bridgehead atoms. The molecule has 8 nitrogen and oxygen atoms in total. The third kappa shape index (κ3) is 4.40. The summed E-state index contributed by atoms with van der Waals surface area (Å²) in [6.07, 6.45) is 4.93. The van der Waals surface area contributed by atoms with Crippen LogP contribution in [0.25, 0.3) is 11.3 Å². The number of aryl methyl sites for hydroxylation is 1. The maximum Gasteiger partial charge on any atom is 0.410 e. The number of aromatic nitrogens is 4. The third-order valence-corrected chi connectivity index (χ3v) is 4.51. The molecule has 2 aromatic heterocycles. The summed E-state index contributed by atoms with van der Waals surface area (Å²) in [7, 11) is 5.77. The van der Waals surface area contributed by atoms with E-state index in [0.29, 0.717) is 18.8 Å². The molecule has 3 rings (SSSR count). The lowest BCUT2D eigenvalue weighted by atomic mass is 10.0. The number of rotatable bonds is 2. The first kappa shape index (κ1) is 19.2. The maximum atomic E-state index is 12.2. The Kier molecular flexibility index (Phi) is 5.12. The van der Waals surface area contributed by atoms with Crippen LogP contribution < -0.4 is 11.3 Å². The summed E-state index contributed by atoms with van der Waals surface area (Å²) in [5, 5.41) is 4.63. The Morgan fingerprint density at radius 3 is 2.59 bits per heavy atom. The quantitative estimate of drug-likeness (QED) is 0.809. The first-order chi connectivity index (χ1) is 12.6. The summed E-state index contributed by atoms with van der Waals surface area (Å²) in [6.45, 7) is 8.83. The van der Waals surface area contributed by atoms with E-state index in [4.69, 9.17) is 18.3 Å². The Morgan fingerprint density at radius 2 is 2.00 bits per heavy atom. The summed E-state index contributed by atoms with van der Waals surface area (Å²) in [5.74, 6) is 0.221. The van der Waals surface area contributed by atoms with Crippen molar-refractivity contribution in [2.45, 2.75) is 52.2 Å². The van der Waals surface area contributed by atoms with E-state index in [1.165, 1.54) is 0 Å². The summed E-state index contributed by atoms with van der Waals surface area (Å²) < 4.78 is 7.40. The van der Waals surface area contributed by atoms with Crippen molar-refractivity contribution in [1.29, 1.82) is 0 Å². The Balaban J connectivity index is 1.69. The van der Waals surface area contributed by atoms with Gasteiger partial charge in [-0.05, 0) is 40.5 Å². The number of nitrogens with two attached hydrogens (primary N) is 1. The third-order valence-electron chi connectivity index (χ3n) is 4.51. The SMILES string of the molecule is [B]c1nc(-c2cn(C3CCN(C(=O)OC(C)(C)C)CC3)nc2C)cnc1N. The van der Waals surface area contributed by atoms with E-state index in [1.54, 1.807) is 11.1 Å². The van der Waals surface area contributed by atoms with Crippen molar-refractivity contribution in [3.8, 4) is 11.3 Å². The topological polar surface area (TPSA) is 99.2 Å². The zero-order chi connectivity index (χ0) is 19.8. The van der Waals surface area contributed by atoms with E-state index in [9.17, 15) is 4.79 Å². The molecule has 0 spiro atoms. The van der Waals surface area contributed by atoms with Gasteiger partial charge in [-0.25, -0.2) is 9.78 Å². The predicted molar refractivity (Wildman–Crippen MR) is 104 cm³/mol. The standard InChI is InChI=1S/C18H25BN6O2/c1-11-13(14-9-21-16(20)15(19)22-14)10-25(23-11)12-5-7-24(8-6-12)17(26)27-18(2,3)4/h9-10,12H,5-8H2,1-4H3,(H2,20,21). The highest BCUT2D eigenvalue weighted by Gasteiger charge is 2.28. The summed E-state index contributed by atoms with van der Waals surface area (Å²) in [4.78, 5) is 22.3. The van der Waals surface area contributed by atoms with Gasteiger partial charge in [-0.1, -0.05) is 0 Å². The van der Waals surface area contributed by atoms with E-state index in [-0.39, 0.29) is 23.5 Å². The average Bonchev–Trinajstić information content (AvgIpc) is 2.98. The molecule has 0 aliphatic carbocycles. The second kappa shape index (κ2) is 7.21. The fraction of sp³-hybridized carbons (Fsp3) is 0.556. The monoisotopic (exact) mass is 368 g/mol. The number of piperidine rings is 1.